The molecule has 0 saturated carbocycles. The van der Waals surface area contributed by atoms with Crippen molar-refractivity contribution in [1.82, 2.24) is 4.98 Å². The van der Waals surface area contributed by atoms with E-state index in [9.17, 15) is 0 Å². The Morgan fingerprint density at radius 1 is 1.12 bits per heavy atom. The molecule has 0 aliphatic rings. The van der Waals surface area contributed by atoms with Gasteiger partial charge in [0.05, 0.1) is 7.11 Å². The molecule has 0 saturated heterocycles. The first-order valence-electron chi connectivity index (χ1n) is 5.01. The zero-order chi connectivity index (χ0) is 11.4. The molecule has 0 spiro atoms. The lowest BCUT2D eigenvalue weighted by atomic mass is 10.1. The Bertz CT molecular complexity index is 468. The monoisotopic (exact) mass is 233 g/mol. The third kappa shape index (κ3) is 2.74. The molecule has 0 fully saturated rings. The Kier molecular flexibility index (Phi) is 3.42. The molecular formula is C13H12ClNO. The quantitative estimate of drug-likeness (QED) is 0.759. The predicted molar refractivity (Wildman–Crippen MR) is 65.0 cm³/mol. The van der Waals surface area contributed by atoms with Crippen LogP contribution in [0.5, 0.6) is 5.75 Å². The van der Waals surface area contributed by atoms with Crippen molar-refractivity contribution in [2.75, 3.05) is 7.11 Å². The van der Waals surface area contributed by atoms with Gasteiger partial charge in [-0.25, -0.2) is 4.98 Å². The lowest BCUT2D eigenvalue weighted by Gasteiger charge is -2.03. The van der Waals surface area contributed by atoms with E-state index in [4.69, 9.17) is 16.3 Å². The number of hydrogen-bond acceptors (Lipinski definition) is 2. The fraction of sp³-hybridized carbons (Fsp3) is 0.154. The second-order valence-corrected chi connectivity index (χ2v) is 3.90. The number of rotatable bonds is 3. The van der Waals surface area contributed by atoms with Crippen LogP contribution in [0.25, 0.3) is 0 Å². The van der Waals surface area contributed by atoms with Crippen molar-refractivity contribution in [3.63, 3.8) is 0 Å². The number of benzene rings is 1. The Morgan fingerprint density at radius 3 is 2.50 bits per heavy atom. The van der Waals surface area contributed by atoms with Crippen molar-refractivity contribution in [2.24, 2.45) is 0 Å². The molecule has 3 heteroatoms. The van der Waals surface area contributed by atoms with Crippen LogP contribution in [0.3, 0.4) is 0 Å². The zero-order valence-electron chi connectivity index (χ0n) is 8.98. The van der Waals surface area contributed by atoms with Gasteiger partial charge in [-0.05, 0) is 41.8 Å². The third-order valence-corrected chi connectivity index (χ3v) is 2.56. The van der Waals surface area contributed by atoms with Gasteiger partial charge in [-0.15, -0.1) is 0 Å². The Labute approximate surface area is 99.9 Å². The summed E-state index contributed by atoms with van der Waals surface area (Å²) in [6.45, 7) is 0. The number of ether oxygens (including phenoxy) is 1. The van der Waals surface area contributed by atoms with Crippen LogP contribution in [-0.2, 0) is 6.42 Å². The van der Waals surface area contributed by atoms with Gasteiger partial charge in [0.15, 0.2) is 0 Å². The van der Waals surface area contributed by atoms with E-state index >= 15 is 0 Å². The van der Waals surface area contributed by atoms with Gasteiger partial charge in [-0.1, -0.05) is 23.7 Å². The van der Waals surface area contributed by atoms with Crippen LogP contribution in [0, 0.1) is 0 Å². The van der Waals surface area contributed by atoms with Gasteiger partial charge in [-0.3, -0.25) is 0 Å². The largest absolute Gasteiger partial charge is 0.497 e. The molecule has 0 aliphatic carbocycles. The maximum absolute atomic E-state index is 5.83. The molecule has 0 bridgehead atoms. The molecule has 1 aromatic heterocycles. The minimum Gasteiger partial charge on any atom is -0.497 e. The topological polar surface area (TPSA) is 22.1 Å². The van der Waals surface area contributed by atoms with Crippen LogP contribution < -0.4 is 4.74 Å². The molecule has 2 rings (SSSR count). The summed E-state index contributed by atoms with van der Waals surface area (Å²) in [5, 5.41) is 0.533. The summed E-state index contributed by atoms with van der Waals surface area (Å²) in [4.78, 5) is 3.95. The fourth-order valence-corrected chi connectivity index (χ4v) is 1.73. The van der Waals surface area contributed by atoms with Crippen LogP contribution in [0.2, 0.25) is 5.15 Å². The van der Waals surface area contributed by atoms with E-state index in [0.29, 0.717) is 5.15 Å². The van der Waals surface area contributed by atoms with Crippen LogP contribution in [-0.4, -0.2) is 12.1 Å². The van der Waals surface area contributed by atoms with Gasteiger partial charge in [-0.2, -0.15) is 0 Å². The molecule has 0 N–H and O–H groups in total. The number of aromatic nitrogens is 1. The molecule has 2 aromatic rings. The van der Waals surface area contributed by atoms with Crippen molar-refractivity contribution >= 4 is 11.6 Å². The first-order chi connectivity index (χ1) is 7.78. The molecule has 0 unspecified atom stereocenters. The first kappa shape index (κ1) is 11.0. The second-order valence-electron chi connectivity index (χ2n) is 3.51. The summed E-state index contributed by atoms with van der Waals surface area (Å²) in [7, 11) is 1.66. The molecule has 16 heavy (non-hydrogen) atoms. The fourth-order valence-electron chi connectivity index (χ4n) is 1.53. The van der Waals surface area contributed by atoms with Crippen molar-refractivity contribution < 1.29 is 4.74 Å². The number of nitrogens with zero attached hydrogens (tertiary/aromatic N) is 1. The second kappa shape index (κ2) is 4.99. The highest BCUT2D eigenvalue weighted by molar-refractivity contribution is 6.29. The minimum absolute atomic E-state index is 0.533. The molecule has 0 atom stereocenters. The van der Waals surface area contributed by atoms with Crippen LogP contribution in [0.1, 0.15) is 11.1 Å². The summed E-state index contributed by atoms with van der Waals surface area (Å²) in [5.74, 6) is 0.872. The highest BCUT2D eigenvalue weighted by atomic mass is 35.5. The average Bonchev–Trinajstić information content (AvgIpc) is 2.30. The summed E-state index contributed by atoms with van der Waals surface area (Å²) >= 11 is 5.83. The third-order valence-electron chi connectivity index (χ3n) is 2.36. The molecule has 0 aliphatic heterocycles. The highest BCUT2D eigenvalue weighted by Crippen LogP contribution is 2.16. The van der Waals surface area contributed by atoms with Gasteiger partial charge in [0.2, 0.25) is 0 Å². The van der Waals surface area contributed by atoms with Gasteiger partial charge < -0.3 is 4.74 Å². The summed E-state index contributed by atoms with van der Waals surface area (Å²) in [6, 6.07) is 11.9. The first-order valence-corrected chi connectivity index (χ1v) is 5.39. The molecule has 0 radical (unpaired) electrons. The predicted octanol–water partition coefficient (Wildman–Crippen LogP) is 3.33. The molecule has 1 heterocycles. The molecule has 1 aromatic carbocycles. The van der Waals surface area contributed by atoms with Crippen LogP contribution in [0.15, 0.2) is 42.6 Å². The van der Waals surface area contributed by atoms with Crippen LogP contribution in [0.4, 0.5) is 0 Å². The zero-order valence-corrected chi connectivity index (χ0v) is 9.74. The normalized spacial score (nSPS) is 10.1. The van der Waals surface area contributed by atoms with E-state index in [-0.39, 0.29) is 0 Å². The van der Waals surface area contributed by atoms with E-state index < -0.39 is 0 Å². The summed E-state index contributed by atoms with van der Waals surface area (Å²) < 4.78 is 5.11. The maximum Gasteiger partial charge on any atom is 0.129 e. The van der Waals surface area contributed by atoms with E-state index in [1.165, 1.54) is 5.56 Å². The SMILES string of the molecule is COc1ccc(Cc2ccnc(Cl)c2)cc1. The van der Waals surface area contributed by atoms with Gasteiger partial charge in [0.25, 0.3) is 0 Å². The maximum atomic E-state index is 5.83. The number of hydrogen-bond donors (Lipinski definition) is 0. The average molecular weight is 234 g/mol. The molecule has 82 valence electrons. The lowest BCUT2D eigenvalue weighted by Crippen LogP contribution is -1.89. The van der Waals surface area contributed by atoms with Crippen LogP contribution >= 0.6 is 11.6 Å². The Hall–Kier alpha value is -1.54. The van der Waals surface area contributed by atoms with Gasteiger partial charge in [0.1, 0.15) is 10.9 Å². The number of halogens is 1. The standard InChI is InChI=1S/C13H12ClNO/c1-16-12-4-2-10(3-5-12)8-11-6-7-15-13(14)9-11/h2-7,9H,8H2,1H3. The van der Waals surface area contributed by atoms with E-state index in [1.807, 2.05) is 36.4 Å². The van der Waals surface area contributed by atoms with Crippen molar-refractivity contribution in [1.29, 1.82) is 0 Å². The van der Waals surface area contributed by atoms with Gasteiger partial charge >= 0.3 is 0 Å². The van der Waals surface area contributed by atoms with Crippen molar-refractivity contribution in [2.45, 2.75) is 6.42 Å². The minimum atomic E-state index is 0.533. The van der Waals surface area contributed by atoms with Crippen molar-refractivity contribution in [3.8, 4) is 5.75 Å². The smallest absolute Gasteiger partial charge is 0.129 e. The number of methoxy groups -OCH3 is 1. The van der Waals surface area contributed by atoms with E-state index in [1.54, 1.807) is 13.3 Å². The van der Waals surface area contributed by atoms with E-state index in [0.717, 1.165) is 17.7 Å². The molecular weight excluding hydrogens is 222 g/mol. The lowest BCUT2D eigenvalue weighted by molar-refractivity contribution is 0.414. The van der Waals surface area contributed by atoms with Crippen molar-refractivity contribution in [3.05, 3.63) is 58.9 Å². The Balaban J connectivity index is 2.14. The highest BCUT2D eigenvalue weighted by Gasteiger charge is 1.98. The number of pyridine rings is 1. The summed E-state index contributed by atoms with van der Waals surface area (Å²) in [5.41, 5.74) is 2.38. The summed E-state index contributed by atoms with van der Waals surface area (Å²) in [6.07, 6.45) is 2.58. The van der Waals surface area contributed by atoms with E-state index in [2.05, 4.69) is 4.98 Å². The van der Waals surface area contributed by atoms with Gasteiger partial charge in [0, 0.05) is 6.20 Å². The Morgan fingerprint density at radius 2 is 1.88 bits per heavy atom. The molecule has 0 amide bonds. The molecule has 2 nitrogen and oxygen atoms in total.